The van der Waals surface area contributed by atoms with Gasteiger partial charge in [-0.2, -0.15) is 0 Å². The molecule has 0 aliphatic carbocycles. The van der Waals surface area contributed by atoms with Gasteiger partial charge in [-0.1, -0.05) is 20.8 Å². The van der Waals surface area contributed by atoms with Gasteiger partial charge in [0.1, 0.15) is 11.6 Å². The Morgan fingerprint density at radius 3 is 2.50 bits per heavy atom. The van der Waals surface area contributed by atoms with Gasteiger partial charge in [-0.15, -0.1) is 0 Å². The number of anilines is 1. The van der Waals surface area contributed by atoms with Crippen LogP contribution in [0.15, 0.2) is 0 Å². The Hall–Kier alpha value is -1.20. The van der Waals surface area contributed by atoms with E-state index in [-0.39, 0.29) is 5.41 Å². The Morgan fingerprint density at radius 2 is 1.95 bits per heavy atom. The van der Waals surface area contributed by atoms with E-state index in [4.69, 9.17) is 4.74 Å². The minimum absolute atomic E-state index is 0.265. The second-order valence-electron chi connectivity index (χ2n) is 7.03. The first-order valence-corrected chi connectivity index (χ1v) is 8.04. The van der Waals surface area contributed by atoms with Gasteiger partial charge >= 0.3 is 0 Å². The topological polar surface area (TPSA) is 58.5 Å². The highest BCUT2D eigenvalue weighted by Gasteiger charge is 2.48. The smallest absolute Gasteiger partial charge is 0.135 e. The van der Waals surface area contributed by atoms with E-state index in [1.807, 2.05) is 13.8 Å². The number of nitrogens with zero attached hydrogens (tertiary/aromatic N) is 3. The molecule has 1 aliphatic heterocycles. The third-order valence-corrected chi connectivity index (χ3v) is 4.98. The van der Waals surface area contributed by atoms with E-state index in [1.54, 1.807) is 7.11 Å². The average Bonchev–Trinajstić information content (AvgIpc) is 2.41. The molecule has 0 amide bonds. The Morgan fingerprint density at radius 1 is 1.27 bits per heavy atom. The number of methoxy groups -OCH3 is 1. The van der Waals surface area contributed by atoms with Crippen molar-refractivity contribution in [2.45, 2.75) is 53.1 Å². The fraction of sp³-hybridized carbons (Fsp3) is 0.765. The minimum atomic E-state index is -0.790. The summed E-state index contributed by atoms with van der Waals surface area (Å²) in [5, 5.41) is 10.9. The lowest BCUT2D eigenvalue weighted by Gasteiger charge is -2.50. The molecule has 0 aromatic carbocycles. The van der Waals surface area contributed by atoms with Crippen LogP contribution in [0.2, 0.25) is 0 Å². The Labute approximate surface area is 133 Å². The Balaban J connectivity index is 2.34. The average molecular weight is 307 g/mol. The van der Waals surface area contributed by atoms with E-state index in [0.29, 0.717) is 13.0 Å². The molecule has 0 bridgehead atoms. The number of hydrogen-bond acceptors (Lipinski definition) is 5. The summed E-state index contributed by atoms with van der Waals surface area (Å²) in [5.74, 6) is 1.83. The fourth-order valence-electron chi connectivity index (χ4n) is 3.44. The summed E-state index contributed by atoms with van der Waals surface area (Å²) in [6, 6.07) is 0. The molecule has 1 aromatic rings. The van der Waals surface area contributed by atoms with E-state index in [1.165, 1.54) is 5.56 Å². The summed E-state index contributed by atoms with van der Waals surface area (Å²) < 4.78 is 5.25. The molecular weight excluding hydrogens is 278 g/mol. The second kappa shape index (κ2) is 6.13. The fourth-order valence-corrected chi connectivity index (χ4v) is 3.44. The van der Waals surface area contributed by atoms with Gasteiger partial charge in [-0.25, -0.2) is 9.97 Å². The molecule has 5 heteroatoms. The Kier molecular flexibility index (Phi) is 4.78. The third-order valence-electron chi connectivity index (χ3n) is 4.98. The third kappa shape index (κ3) is 2.97. The van der Waals surface area contributed by atoms with Crippen LogP contribution in [-0.2, 0) is 11.2 Å². The zero-order valence-corrected chi connectivity index (χ0v) is 14.7. The van der Waals surface area contributed by atoms with Crippen molar-refractivity contribution in [2.75, 3.05) is 31.7 Å². The summed E-state index contributed by atoms with van der Waals surface area (Å²) in [7, 11) is 1.65. The summed E-state index contributed by atoms with van der Waals surface area (Å²) in [6.07, 6.45) is 1.60. The van der Waals surface area contributed by atoms with Crippen LogP contribution in [0.5, 0.6) is 0 Å². The molecule has 22 heavy (non-hydrogen) atoms. The summed E-state index contributed by atoms with van der Waals surface area (Å²) >= 11 is 0. The van der Waals surface area contributed by atoms with Crippen LogP contribution >= 0.6 is 0 Å². The molecule has 0 radical (unpaired) electrons. The number of aryl methyl sites for hydroxylation is 2. The first-order valence-electron chi connectivity index (χ1n) is 8.04. The molecule has 2 heterocycles. The van der Waals surface area contributed by atoms with E-state index < -0.39 is 5.60 Å². The molecule has 1 aliphatic rings. The zero-order valence-electron chi connectivity index (χ0n) is 14.7. The number of ether oxygens (including phenoxy) is 1. The lowest BCUT2D eigenvalue weighted by Crippen LogP contribution is -2.59. The standard InChI is InChI=1S/C17H29N3O2/c1-7-14-12(2)18-13(3)19-15(14)20-9-8-17(21,11-22-6)16(4,5)10-20/h21H,7-11H2,1-6H3/t17-/m1/s1. The minimum Gasteiger partial charge on any atom is -0.387 e. The second-order valence-corrected chi connectivity index (χ2v) is 7.03. The van der Waals surface area contributed by atoms with Crippen LogP contribution in [-0.4, -0.2) is 47.5 Å². The molecule has 0 saturated carbocycles. The lowest BCUT2D eigenvalue weighted by molar-refractivity contribution is -0.122. The molecule has 1 N–H and O–H groups in total. The molecular formula is C17H29N3O2. The van der Waals surface area contributed by atoms with Crippen LogP contribution in [0.1, 0.15) is 44.3 Å². The van der Waals surface area contributed by atoms with Gasteiger partial charge in [-0.05, 0) is 26.7 Å². The molecule has 2 rings (SSSR count). The molecule has 1 saturated heterocycles. The van der Waals surface area contributed by atoms with Gasteiger partial charge in [0, 0.05) is 36.9 Å². The summed E-state index contributed by atoms with van der Waals surface area (Å²) in [5.41, 5.74) is 1.21. The van der Waals surface area contributed by atoms with Gasteiger partial charge < -0.3 is 14.7 Å². The molecule has 124 valence electrons. The van der Waals surface area contributed by atoms with Gasteiger partial charge in [0.05, 0.1) is 12.2 Å². The van der Waals surface area contributed by atoms with Gasteiger partial charge in [-0.3, -0.25) is 0 Å². The van der Waals surface area contributed by atoms with Crippen molar-refractivity contribution in [3.8, 4) is 0 Å². The number of hydrogen-bond donors (Lipinski definition) is 1. The Bertz CT molecular complexity index is 545. The zero-order chi connectivity index (χ0) is 16.5. The van der Waals surface area contributed by atoms with Crippen molar-refractivity contribution in [3.63, 3.8) is 0 Å². The SMILES string of the molecule is CCc1c(C)nc(C)nc1N1CC[C@@](O)(COC)C(C)(C)C1. The highest BCUT2D eigenvalue weighted by atomic mass is 16.5. The van der Waals surface area contributed by atoms with E-state index in [9.17, 15) is 5.11 Å². The van der Waals surface area contributed by atoms with Crippen molar-refractivity contribution in [1.29, 1.82) is 0 Å². The quantitative estimate of drug-likeness (QED) is 0.924. The number of piperidine rings is 1. The van der Waals surface area contributed by atoms with Gasteiger partial charge in [0.15, 0.2) is 0 Å². The lowest BCUT2D eigenvalue weighted by atomic mass is 9.70. The predicted octanol–water partition coefficient (Wildman–Crippen LogP) is 2.27. The van der Waals surface area contributed by atoms with Crippen molar-refractivity contribution in [3.05, 3.63) is 17.1 Å². The van der Waals surface area contributed by atoms with E-state index >= 15 is 0 Å². The largest absolute Gasteiger partial charge is 0.387 e. The molecule has 1 atom stereocenters. The summed E-state index contributed by atoms with van der Waals surface area (Å²) in [6.45, 7) is 12.2. The maximum atomic E-state index is 10.9. The van der Waals surface area contributed by atoms with Crippen molar-refractivity contribution in [1.82, 2.24) is 9.97 Å². The first-order chi connectivity index (χ1) is 10.2. The number of aliphatic hydroxyl groups is 1. The van der Waals surface area contributed by atoms with E-state index in [2.05, 4.69) is 35.6 Å². The van der Waals surface area contributed by atoms with Gasteiger partial charge in [0.2, 0.25) is 0 Å². The highest BCUT2D eigenvalue weighted by Crippen LogP contribution is 2.40. The van der Waals surface area contributed by atoms with Crippen molar-refractivity contribution >= 4 is 5.82 Å². The van der Waals surface area contributed by atoms with E-state index in [0.717, 1.165) is 36.8 Å². The monoisotopic (exact) mass is 307 g/mol. The first kappa shape index (κ1) is 17.2. The van der Waals surface area contributed by atoms with Crippen molar-refractivity contribution < 1.29 is 9.84 Å². The molecule has 1 aromatic heterocycles. The van der Waals surface area contributed by atoms with Gasteiger partial charge in [0.25, 0.3) is 0 Å². The highest BCUT2D eigenvalue weighted by molar-refractivity contribution is 5.50. The summed E-state index contributed by atoms with van der Waals surface area (Å²) in [4.78, 5) is 11.5. The number of rotatable bonds is 4. The predicted molar refractivity (Wildman–Crippen MR) is 88.3 cm³/mol. The van der Waals surface area contributed by atoms with Crippen LogP contribution in [0, 0.1) is 19.3 Å². The molecule has 0 unspecified atom stereocenters. The van der Waals surface area contributed by atoms with Crippen LogP contribution in [0.4, 0.5) is 5.82 Å². The number of aromatic nitrogens is 2. The maximum Gasteiger partial charge on any atom is 0.135 e. The van der Waals surface area contributed by atoms with Crippen LogP contribution in [0.3, 0.4) is 0 Å². The normalized spacial score (nSPS) is 24.6. The maximum absolute atomic E-state index is 10.9. The molecule has 1 fully saturated rings. The molecule has 5 nitrogen and oxygen atoms in total. The van der Waals surface area contributed by atoms with Crippen LogP contribution < -0.4 is 4.90 Å². The van der Waals surface area contributed by atoms with Crippen molar-refractivity contribution in [2.24, 2.45) is 5.41 Å². The van der Waals surface area contributed by atoms with Crippen LogP contribution in [0.25, 0.3) is 0 Å². The molecule has 0 spiro atoms.